The van der Waals surface area contributed by atoms with Crippen LogP contribution in [0.2, 0.25) is 0 Å². The first kappa shape index (κ1) is 14.4. The van der Waals surface area contributed by atoms with Gasteiger partial charge in [-0.1, -0.05) is 13.0 Å². The van der Waals surface area contributed by atoms with Crippen molar-refractivity contribution in [2.75, 3.05) is 19.3 Å². The molecule has 102 valence electrons. The molecule has 3 atom stereocenters. The molecule has 0 saturated carbocycles. The fourth-order valence-electron chi connectivity index (χ4n) is 2.81. The molecular weight excluding hydrogens is 260 g/mol. The second kappa shape index (κ2) is 5.95. The first-order valence-corrected chi connectivity index (χ1v) is 8.57. The molecule has 2 nitrogen and oxygen atoms in total. The van der Waals surface area contributed by atoms with E-state index in [4.69, 9.17) is 5.73 Å². The van der Waals surface area contributed by atoms with Gasteiger partial charge in [-0.3, -0.25) is 4.90 Å². The van der Waals surface area contributed by atoms with Crippen LogP contribution in [-0.4, -0.2) is 41.1 Å². The predicted octanol–water partition coefficient (Wildman–Crippen LogP) is 2.83. The van der Waals surface area contributed by atoms with Crippen LogP contribution < -0.4 is 5.73 Å². The fraction of sp³-hybridized carbons (Fsp3) is 0.714. The van der Waals surface area contributed by atoms with Crippen molar-refractivity contribution in [3.05, 3.63) is 22.4 Å². The smallest absolute Gasteiger partial charge is 0.0432 e. The molecule has 1 fully saturated rings. The second-order valence-corrected chi connectivity index (χ2v) is 7.96. The van der Waals surface area contributed by atoms with Gasteiger partial charge in [0.2, 0.25) is 0 Å². The maximum Gasteiger partial charge on any atom is 0.0432 e. The van der Waals surface area contributed by atoms with Crippen LogP contribution in [0.1, 0.15) is 25.1 Å². The molecular formula is C14H24N2S2. The SMILES string of the molecule is CC1CC(CN)(N(C)C(C)Cc2cccs2)CS1. The van der Waals surface area contributed by atoms with Crippen molar-refractivity contribution in [1.29, 1.82) is 0 Å². The quantitative estimate of drug-likeness (QED) is 0.901. The van der Waals surface area contributed by atoms with E-state index >= 15 is 0 Å². The summed E-state index contributed by atoms with van der Waals surface area (Å²) in [5.41, 5.74) is 6.30. The molecule has 1 aliphatic rings. The molecule has 4 heteroatoms. The van der Waals surface area contributed by atoms with Crippen molar-refractivity contribution < 1.29 is 0 Å². The molecule has 2 rings (SSSR count). The van der Waals surface area contributed by atoms with E-state index in [9.17, 15) is 0 Å². The third-order valence-electron chi connectivity index (χ3n) is 4.17. The van der Waals surface area contributed by atoms with E-state index in [2.05, 4.69) is 55.1 Å². The minimum absolute atomic E-state index is 0.209. The molecule has 18 heavy (non-hydrogen) atoms. The molecule has 3 unspecified atom stereocenters. The number of likely N-dealkylation sites (N-methyl/N-ethyl adjacent to an activating group) is 1. The average Bonchev–Trinajstić information content (AvgIpc) is 2.98. The number of thiophene rings is 1. The van der Waals surface area contributed by atoms with Crippen molar-refractivity contribution in [3.8, 4) is 0 Å². The summed E-state index contributed by atoms with van der Waals surface area (Å²) in [6, 6.07) is 4.92. The molecule has 0 radical (unpaired) electrons. The molecule has 1 aromatic heterocycles. The van der Waals surface area contributed by atoms with Crippen LogP contribution in [-0.2, 0) is 6.42 Å². The lowest BCUT2D eigenvalue weighted by molar-refractivity contribution is 0.103. The summed E-state index contributed by atoms with van der Waals surface area (Å²) in [5.74, 6) is 1.18. The molecule has 1 aliphatic heterocycles. The monoisotopic (exact) mass is 284 g/mol. The third-order valence-corrected chi connectivity index (χ3v) is 6.51. The normalized spacial score (nSPS) is 29.9. The first-order chi connectivity index (χ1) is 8.57. The fourth-order valence-corrected chi connectivity index (χ4v) is 5.10. The number of thioether (sulfide) groups is 1. The zero-order valence-corrected chi connectivity index (χ0v) is 13.2. The van der Waals surface area contributed by atoms with Gasteiger partial charge in [0.1, 0.15) is 0 Å². The van der Waals surface area contributed by atoms with Gasteiger partial charge < -0.3 is 5.73 Å². The molecule has 1 aromatic rings. The second-order valence-electron chi connectivity index (χ2n) is 5.50. The number of nitrogens with zero attached hydrogens (tertiary/aromatic N) is 1. The Morgan fingerprint density at radius 2 is 2.39 bits per heavy atom. The lowest BCUT2D eigenvalue weighted by Crippen LogP contribution is -2.56. The Hall–Kier alpha value is -0.0300. The van der Waals surface area contributed by atoms with E-state index in [1.165, 1.54) is 17.1 Å². The van der Waals surface area contributed by atoms with Gasteiger partial charge in [-0.25, -0.2) is 0 Å². The van der Waals surface area contributed by atoms with Crippen molar-refractivity contribution >= 4 is 23.1 Å². The number of hydrogen-bond acceptors (Lipinski definition) is 4. The molecule has 0 aliphatic carbocycles. The summed E-state index contributed by atoms with van der Waals surface area (Å²) in [7, 11) is 2.25. The van der Waals surface area contributed by atoms with E-state index in [0.717, 1.165) is 18.2 Å². The van der Waals surface area contributed by atoms with Crippen LogP contribution in [0.15, 0.2) is 17.5 Å². The zero-order valence-electron chi connectivity index (χ0n) is 11.6. The lowest BCUT2D eigenvalue weighted by atomic mass is 9.92. The molecule has 0 aromatic carbocycles. The number of nitrogens with two attached hydrogens (primary N) is 1. The van der Waals surface area contributed by atoms with E-state index in [0.29, 0.717) is 6.04 Å². The van der Waals surface area contributed by atoms with Gasteiger partial charge in [0.15, 0.2) is 0 Å². The lowest BCUT2D eigenvalue weighted by Gasteiger charge is -2.41. The van der Waals surface area contributed by atoms with E-state index in [-0.39, 0.29) is 5.54 Å². The largest absolute Gasteiger partial charge is 0.329 e. The third kappa shape index (κ3) is 2.93. The van der Waals surface area contributed by atoms with Gasteiger partial charge in [0.05, 0.1) is 0 Å². The molecule has 0 spiro atoms. The Bertz CT molecular complexity index is 366. The van der Waals surface area contributed by atoms with Crippen molar-refractivity contribution in [2.24, 2.45) is 5.73 Å². The Kier molecular flexibility index (Phi) is 4.75. The summed E-state index contributed by atoms with van der Waals surface area (Å²) in [6.07, 6.45) is 2.36. The standard InChI is InChI=1S/C14H24N2S2/c1-11(7-13-5-4-6-17-13)16(3)14(9-15)8-12(2)18-10-14/h4-6,11-12H,7-10,15H2,1-3H3. The molecule has 0 amide bonds. The van der Waals surface area contributed by atoms with Crippen LogP contribution in [0.5, 0.6) is 0 Å². The zero-order chi connectivity index (χ0) is 13.2. The topological polar surface area (TPSA) is 29.3 Å². The van der Waals surface area contributed by atoms with Crippen molar-refractivity contribution in [3.63, 3.8) is 0 Å². The Morgan fingerprint density at radius 1 is 1.61 bits per heavy atom. The van der Waals surface area contributed by atoms with Gasteiger partial charge in [0, 0.05) is 34.0 Å². The van der Waals surface area contributed by atoms with E-state index in [1.54, 1.807) is 0 Å². The summed E-state index contributed by atoms with van der Waals surface area (Å²) in [4.78, 5) is 4.00. The number of rotatable bonds is 5. The maximum absolute atomic E-state index is 6.09. The van der Waals surface area contributed by atoms with Crippen LogP contribution in [0, 0.1) is 0 Å². The van der Waals surface area contributed by atoms with Crippen LogP contribution in [0.25, 0.3) is 0 Å². The number of hydrogen-bond donors (Lipinski definition) is 1. The average molecular weight is 284 g/mol. The minimum atomic E-state index is 0.209. The van der Waals surface area contributed by atoms with Gasteiger partial charge in [-0.2, -0.15) is 11.8 Å². The summed E-state index contributed by atoms with van der Waals surface area (Å²) < 4.78 is 0. The highest BCUT2D eigenvalue weighted by atomic mass is 32.2. The first-order valence-electron chi connectivity index (χ1n) is 6.64. The predicted molar refractivity (Wildman–Crippen MR) is 83.6 cm³/mol. The van der Waals surface area contributed by atoms with Gasteiger partial charge in [0.25, 0.3) is 0 Å². The molecule has 0 bridgehead atoms. The van der Waals surface area contributed by atoms with Crippen molar-refractivity contribution in [1.82, 2.24) is 4.90 Å². The van der Waals surface area contributed by atoms with Crippen molar-refractivity contribution in [2.45, 2.75) is 43.5 Å². The molecule has 2 N–H and O–H groups in total. The van der Waals surface area contributed by atoms with Gasteiger partial charge >= 0.3 is 0 Å². The highest BCUT2D eigenvalue weighted by molar-refractivity contribution is 8.00. The molecule has 2 heterocycles. The summed E-state index contributed by atoms with van der Waals surface area (Å²) in [5, 5.41) is 2.90. The maximum atomic E-state index is 6.09. The summed E-state index contributed by atoms with van der Waals surface area (Å²) in [6.45, 7) is 5.42. The Balaban J connectivity index is 2.02. The van der Waals surface area contributed by atoms with E-state index in [1.807, 2.05) is 11.3 Å². The van der Waals surface area contributed by atoms with Crippen LogP contribution >= 0.6 is 23.1 Å². The molecule has 1 saturated heterocycles. The van der Waals surface area contributed by atoms with E-state index < -0.39 is 0 Å². The Labute approximate surface area is 119 Å². The van der Waals surface area contributed by atoms with Crippen LogP contribution in [0.4, 0.5) is 0 Å². The van der Waals surface area contributed by atoms with Gasteiger partial charge in [-0.05, 0) is 38.3 Å². The van der Waals surface area contributed by atoms with Crippen LogP contribution in [0.3, 0.4) is 0 Å². The minimum Gasteiger partial charge on any atom is -0.329 e. The Morgan fingerprint density at radius 3 is 2.89 bits per heavy atom. The van der Waals surface area contributed by atoms with Gasteiger partial charge in [-0.15, -0.1) is 11.3 Å². The summed E-state index contributed by atoms with van der Waals surface area (Å²) >= 11 is 3.92. The highest BCUT2D eigenvalue weighted by Crippen LogP contribution is 2.38. The highest BCUT2D eigenvalue weighted by Gasteiger charge is 2.41.